The van der Waals surface area contributed by atoms with Crippen LogP contribution in [-0.2, 0) is 16.0 Å². The Morgan fingerprint density at radius 3 is 2.57 bits per heavy atom. The predicted molar refractivity (Wildman–Crippen MR) is 142 cm³/mol. The van der Waals surface area contributed by atoms with E-state index in [2.05, 4.69) is 20.6 Å². The quantitative estimate of drug-likeness (QED) is 0.434. The van der Waals surface area contributed by atoms with Crippen molar-refractivity contribution in [2.75, 3.05) is 24.3 Å². The molecule has 2 aromatic heterocycles. The minimum atomic E-state index is -0.964. The number of nitrogens with zero attached hydrogens (tertiary/aromatic N) is 4. The Kier molecular flexibility index (Phi) is 8.03. The van der Waals surface area contributed by atoms with Crippen LogP contribution in [0.15, 0.2) is 67.1 Å². The second-order valence-corrected chi connectivity index (χ2v) is 9.27. The van der Waals surface area contributed by atoms with E-state index in [9.17, 15) is 14.4 Å². The van der Waals surface area contributed by atoms with E-state index in [0.717, 1.165) is 16.0 Å². The number of hydrogen-bond donors (Lipinski definition) is 2. The molecule has 3 heterocycles. The first-order chi connectivity index (χ1) is 17.8. The van der Waals surface area contributed by atoms with Crippen LogP contribution < -0.4 is 15.5 Å². The highest BCUT2D eigenvalue weighted by molar-refractivity contribution is 6.30. The third-order valence-electron chi connectivity index (χ3n) is 6.56. The number of anilines is 2. The molecule has 1 aromatic carbocycles. The standard InChI is InChI=1S/C27H29ClN6O3/c1-4-22(18-6-5-7-19(28)16-18)32-27(37)34-24(26(36)33(3)20-9-11-30-12-10-20)21(25(34)35)14-17-8-13-31-23(15-17)29-2/h5-13,15-16,21-22,24H,4,14H2,1-3H3,(H,29,31)(H,32,37)/t21-,22?,24+/m1/s1. The van der Waals surface area contributed by atoms with Crippen molar-refractivity contribution in [3.8, 4) is 0 Å². The average Bonchev–Trinajstić information content (AvgIpc) is 2.92. The molecule has 37 heavy (non-hydrogen) atoms. The number of halogens is 1. The number of β-lactam (4-membered cyclic amide) rings is 1. The molecule has 3 aromatic rings. The van der Waals surface area contributed by atoms with Crippen LogP contribution in [0.2, 0.25) is 5.02 Å². The summed E-state index contributed by atoms with van der Waals surface area (Å²) in [6.45, 7) is 1.93. The molecular formula is C27H29ClN6O3. The van der Waals surface area contributed by atoms with E-state index >= 15 is 0 Å². The van der Waals surface area contributed by atoms with Crippen molar-refractivity contribution in [1.82, 2.24) is 20.2 Å². The SMILES string of the molecule is CCC(NC(=O)N1C(=O)[C@H](Cc2ccnc(NC)c2)[C@H]1C(=O)N(C)c1ccncc1)c1cccc(Cl)c1. The molecule has 10 heteroatoms. The highest BCUT2D eigenvalue weighted by atomic mass is 35.5. The Labute approximate surface area is 220 Å². The molecule has 9 nitrogen and oxygen atoms in total. The van der Waals surface area contributed by atoms with E-state index in [0.29, 0.717) is 29.4 Å². The Morgan fingerprint density at radius 2 is 1.89 bits per heavy atom. The fourth-order valence-corrected chi connectivity index (χ4v) is 4.70. The fourth-order valence-electron chi connectivity index (χ4n) is 4.50. The number of carbonyl (C=O) groups is 3. The van der Waals surface area contributed by atoms with E-state index in [4.69, 9.17) is 11.6 Å². The lowest BCUT2D eigenvalue weighted by molar-refractivity contribution is -0.156. The van der Waals surface area contributed by atoms with Gasteiger partial charge in [-0.3, -0.25) is 19.5 Å². The molecule has 1 saturated heterocycles. The largest absolute Gasteiger partial charge is 0.373 e. The Bertz CT molecular complexity index is 1290. The zero-order valence-electron chi connectivity index (χ0n) is 20.9. The topological polar surface area (TPSA) is 108 Å². The number of urea groups is 1. The van der Waals surface area contributed by atoms with Crippen LogP contribution in [0.1, 0.15) is 30.5 Å². The van der Waals surface area contributed by atoms with Gasteiger partial charge in [0.1, 0.15) is 11.9 Å². The second kappa shape index (κ2) is 11.4. The van der Waals surface area contributed by atoms with Gasteiger partial charge in [-0.1, -0.05) is 30.7 Å². The van der Waals surface area contributed by atoms with Crippen LogP contribution in [-0.4, -0.2) is 52.9 Å². The Morgan fingerprint density at radius 1 is 1.14 bits per heavy atom. The second-order valence-electron chi connectivity index (χ2n) is 8.83. The number of amides is 4. The van der Waals surface area contributed by atoms with Crippen molar-refractivity contribution in [2.24, 2.45) is 5.92 Å². The van der Waals surface area contributed by atoms with Crippen molar-refractivity contribution in [2.45, 2.75) is 31.8 Å². The summed E-state index contributed by atoms with van der Waals surface area (Å²) >= 11 is 6.14. The van der Waals surface area contributed by atoms with Gasteiger partial charge < -0.3 is 15.5 Å². The summed E-state index contributed by atoms with van der Waals surface area (Å²) in [6, 6.07) is 12.3. The van der Waals surface area contributed by atoms with Gasteiger partial charge in [-0.25, -0.2) is 9.78 Å². The summed E-state index contributed by atoms with van der Waals surface area (Å²) in [5.41, 5.74) is 2.28. The Balaban J connectivity index is 1.60. The molecule has 4 amide bonds. The lowest BCUT2D eigenvalue weighted by Crippen LogP contribution is -2.70. The number of likely N-dealkylation sites (N-methyl/N-ethyl adjacent to an activating group) is 1. The summed E-state index contributed by atoms with van der Waals surface area (Å²) in [6.07, 6.45) is 5.69. The van der Waals surface area contributed by atoms with Crippen molar-refractivity contribution < 1.29 is 14.4 Å². The van der Waals surface area contributed by atoms with Crippen molar-refractivity contribution in [3.05, 3.63) is 83.3 Å². The summed E-state index contributed by atoms with van der Waals surface area (Å²) in [5.74, 6) is -0.795. The van der Waals surface area contributed by atoms with Gasteiger partial charge in [0.15, 0.2) is 0 Å². The van der Waals surface area contributed by atoms with Crippen molar-refractivity contribution in [3.63, 3.8) is 0 Å². The highest BCUT2D eigenvalue weighted by Crippen LogP contribution is 2.33. The molecule has 2 N–H and O–H groups in total. The maximum Gasteiger partial charge on any atom is 0.325 e. The smallest absolute Gasteiger partial charge is 0.325 e. The van der Waals surface area contributed by atoms with Gasteiger partial charge in [0, 0.05) is 43.4 Å². The monoisotopic (exact) mass is 520 g/mol. The van der Waals surface area contributed by atoms with Gasteiger partial charge in [-0.05, 0) is 60.4 Å². The molecule has 1 unspecified atom stereocenters. The van der Waals surface area contributed by atoms with Gasteiger partial charge in [0.05, 0.1) is 12.0 Å². The molecule has 192 valence electrons. The highest BCUT2D eigenvalue weighted by Gasteiger charge is 2.55. The lowest BCUT2D eigenvalue weighted by Gasteiger charge is -2.46. The maximum absolute atomic E-state index is 13.7. The number of rotatable bonds is 8. The normalized spacial score (nSPS) is 17.5. The number of carbonyl (C=O) groups excluding carboxylic acids is 3. The summed E-state index contributed by atoms with van der Waals surface area (Å²) in [7, 11) is 3.38. The number of pyridine rings is 2. The number of nitrogens with one attached hydrogen (secondary N) is 2. The summed E-state index contributed by atoms with van der Waals surface area (Å²) in [4.78, 5) is 51.1. The van der Waals surface area contributed by atoms with Crippen LogP contribution in [0.5, 0.6) is 0 Å². The number of imide groups is 1. The Hall–Kier alpha value is -3.98. The maximum atomic E-state index is 13.7. The molecular weight excluding hydrogens is 492 g/mol. The lowest BCUT2D eigenvalue weighted by atomic mass is 9.81. The minimum absolute atomic E-state index is 0.298. The molecule has 0 saturated carbocycles. The van der Waals surface area contributed by atoms with Gasteiger partial charge in [0.2, 0.25) is 5.91 Å². The zero-order chi connectivity index (χ0) is 26.5. The molecule has 1 aliphatic heterocycles. The molecule has 4 rings (SSSR count). The van der Waals surface area contributed by atoms with Crippen molar-refractivity contribution >= 4 is 41.0 Å². The third kappa shape index (κ3) is 5.56. The van der Waals surface area contributed by atoms with E-state index in [1.165, 1.54) is 4.90 Å². The zero-order valence-corrected chi connectivity index (χ0v) is 21.6. The van der Waals surface area contributed by atoms with Crippen LogP contribution in [0.3, 0.4) is 0 Å². The fraction of sp³-hybridized carbons (Fsp3) is 0.296. The van der Waals surface area contributed by atoms with Gasteiger partial charge in [-0.2, -0.15) is 0 Å². The van der Waals surface area contributed by atoms with E-state index in [1.54, 1.807) is 69.1 Å². The molecule has 0 spiro atoms. The van der Waals surface area contributed by atoms with Gasteiger partial charge >= 0.3 is 6.03 Å². The summed E-state index contributed by atoms with van der Waals surface area (Å²) in [5, 5.41) is 6.44. The van der Waals surface area contributed by atoms with E-state index < -0.39 is 23.9 Å². The van der Waals surface area contributed by atoms with Gasteiger partial charge in [-0.15, -0.1) is 0 Å². The van der Waals surface area contributed by atoms with Crippen LogP contribution in [0.25, 0.3) is 0 Å². The minimum Gasteiger partial charge on any atom is -0.373 e. The van der Waals surface area contributed by atoms with Gasteiger partial charge in [0.25, 0.3) is 5.91 Å². The van der Waals surface area contributed by atoms with Crippen LogP contribution >= 0.6 is 11.6 Å². The van der Waals surface area contributed by atoms with Crippen LogP contribution in [0, 0.1) is 5.92 Å². The number of likely N-dealkylation sites (tertiary alicyclic amines) is 1. The summed E-state index contributed by atoms with van der Waals surface area (Å²) < 4.78 is 0. The first-order valence-corrected chi connectivity index (χ1v) is 12.4. The molecule has 1 aliphatic rings. The van der Waals surface area contributed by atoms with E-state index in [1.807, 2.05) is 19.1 Å². The molecule has 0 aliphatic carbocycles. The first-order valence-electron chi connectivity index (χ1n) is 12.0. The van der Waals surface area contributed by atoms with Crippen LogP contribution in [0.4, 0.5) is 16.3 Å². The average molecular weight is 521 g/mol. The number of benzene rings is 1. The molecule has 1 fully saturated rings. The third-order valence-corrected chi connectivity index (χ3v) is 6.79. The first kappa shape index (κ1) is 26.1. The molecule has 0 bridgehead atoms. The van der Waals surface area contributed by atoms with Crippen molar-refractivity contribution in [1.29, 1.82) is 0 Å². The van der Waals surface area contributed by atoms with E-state index in [-0.39, 0.29) is 11.9 Å². The number of hydrogen-bond acceptors (Lipinski definition) is 6. The predicted octanol–water partition coefficient (Wildman–Crippen LogP) is 4.07. The molecule has 0 radical (unpaired) electrons. The molecule has 3 atom stereocenters. The number of aromatic nitrogens is 2.